The molecule has 2 N–H and O–H groups in total. The number of benzene rings is 1. The summed E-state index contributed by atoms with van der Waals surface area (Å²) in [5.41, 5.74) is -1.34. The van der Waals surface area contributed by atoms with Crippen molar-refractivity contribution in [2.45, 2.75) is 30.4 Å². The molecule has 0 aliphatic carbocycles. The van der Waals surface area contributed by atoms with Crippen molar-refractivity contribution in [1.82, 2.24) is 9.97 Å². The predicted molar refractivity (Wildman–Crippen MR) is 90.0 cm³/mol. The highest BCUT2D eigenvalue weighted by Gasteiger charge is 2.34. The first-order valence-electron chi connectivity index (χ1n) is 6.98. The van der Waals surface area contributed by atoms with E-state index in [0.29, 0.717) is 5.69 Å². The number of carbonyl (C=O) groups is 1. The summed E-state index contributed by atoms with van der Waals surface area (Å²) in [5.74, 6) is -0.679. The third-order valence-corrected chi connectivity index (χ3v) is 4.27. The van der Waals surface area contributed by atoms with Crippen molar-refractivity contribution in [3.05, 3.63) is 50.9 Å². The Morgan fingerprint density at radius 3 is 2.64 bits per heavy atom. The fourth-order valence-corrected chi connectivity index (χ4v) is 2.96. The molecule has 10 heteroatoms. The van der Waals surface area contributed by atoms with Gasteiger partial charge in [-0.25, -0.2) is 4.98 Å². The first kappa shape index (κ1) is 19.3. The molecule has 0 saturated heterocycles. The van der Waals surface area contributed by atoms with E-state index in [-0.39, 0.29) is 15.7 Å². The molecule has 0 fully saturated rings. The van der Waals surface area contributed by atoms with E-state index in [0.717, 1.165) is 30.0 Å². The van der Waals surface area contributed by atoms with Crippen molar-refractivity contribution >= 4 is 35.0 Å². The highest BCUT2D eigenvalue weighted by molar-refractivity contribution is 8.00. The van der Waals surface area contributed by atoms with Gasteiger partial charge in [0, 0.05) is 16.8 Å². The molecule has 25 heavy (non-hydrogen) atoms. The van der Waals surface area contributed by atoms with E-state index in [2.05, 4.69) is 15.3 Å². The molecule has 1 aromatic heterocycles. The second-order valence-electron chi connectivity index (χ2n) is 5.13. The first-order chi connectivity index (χ1) is 11.6. The maximum Gasteiger partial charge on any atom is 0.418 e. The van der Waals surface area contributed by atoms with E-state index in [1.807, 2.05) is 0 Å². The van der Waals surface area contributed by atoms with Crippen LogP contribution in [0.5, 0.6) is 0 Å². The Kier molecular flexibility index (Phi) is 5.79. The predicted octanol–water partition coefficient (Wildman–Crippen LogP) is 3.87. The maximum absolute atomic E-state index is 13.0. The number of aryl methyl sites for hydroxylation is 1. The monoisotopic (exact) mass is 391 g/mol. The topological polar surface area (TPSA) is 74.8 Å². The fourth-order valence-electron chi connectivity index (χ4n) is 1.93. The van der Waals surface area contributed by atoms with Gasteiger partial charge in [-0.2, -0.15) is 13.2 Å². The molecule has 0 bridgehead atoms. The minimum absolute atomic E-state index is 0.0632. The van der Waals surface area contributed by atoms with E-state index in [1.165, 1.54) is 13.0 Å². The number of rotatable bonds is 4. The molecular weight excluding hydrogens is 379 g/mol. The van der Waals surface area contributed by atoms with E-state index in [1.54, 1.807) is 6.92 Å². The molecule has 1 aromatic carbocycles. The van der Waals surface area contributed by atoms with Crippen LogP contribution in [0.15, 0.2) is 34.2 Å². The van der Waals surface area contributed by atoms with Crippen LogP contribution < -0.4 is 10.9 Å². The minimum atomic E-state index is -4.63. The Balaban J connectivity index is 2.19. The number of alkyl halides is 3. The fraction of sp³-hybridized carbons (Fsp3) is 0.267. The number of H-pyrrole nitrogens is 1. The Bertz CT molecular complexity index is 855. The summed E-state index contributed by atoms with van der Waals surface area (Å²) in [6.07, 6.45) is -4.63. The molecule has 1 amide bonds. The number of amides is 1. The van der Waals surface area contributed by atoms with Crippen LogP contribution >= 0.6 is 23.4 Å². The van der Waals surface area contributed by atoms with E-state index < -0.39 is 28.6 Å². The zero-order valence-corrected chi connectivity index (χ0v) is 14.6. The van der Waals surface area contributed by atoms with Crippen LogP contribution in [0.25, 0.3) is 0 Å². The summed E-state index contributed by atoms with van der Waals surface area (Å²) in [6.45, 7) is 3.10. The summed E-state index contributed by atoms with van der Waals surface area (Å²) >= 11 is 6.64. The lowest BCUT2D eigenvalue weighted by Gasteiger charge is -2.16. The van der Waals surface area contributed by atoms with Crippen molar-refractivity contribution in [3.8, 4) is 0 Å². The van der Waals surface area contributed by atoms with Crippen LogP contribution in [-0.2, 0) is 11.0 Å². The maximum atomic E-state index is 13.0. The molecule has 134 valence electrons. The lowest BCUT2D eigenvalue weighted by Crippen LogP contribution is -2.25. The molecule has 0 saturated carbocycles. The summed E-state index contributed by atoms with van der Waals surface area (Å²) in [6, 6.07) is 4.22. The quantitative estimate of drug-likeness (QED) is 0.613. The molecule has 0 aliphatic rings. The molecule has 1 unspecified atom stereocenters. The van der Waals surface area contributed by atoms with Gasteiger partial charge in [0.2, 0.25) is 5.91 Å². The molecule has 1 heterocycles. The SMILES string of the molecule is Cc1cc(=O)[nH]c(SC(C)C(=O)Nc2cc(Cl)ccc2C(F)(F)F)n1. The Hall–Kier alpha value is -2.00. The number of thioether (sulfide) groups is 1. The van der Waals surface area contributed by atoms with Crippen LogP contribution in [0.4, 0.5) is 18.9 Å². The Labute approximate surface area is 150 Å². The van der Waals surface area contributed by atoms with Gasteiger partial charge in [-0.05, 0) is 32.0 Å². The number of halogens is 4. The number of anilines is 1. The standard InChI is InChI=1S/C15H13ClF3N3O2S/c1-7-5-12(23)22-14(20-7)25-8(2)13(24)21-11-6-9(16)3-4-10(11)15(17,18)19/h3-6,8H,1-2H3,(H,21,24)(H,20,22,23). The average Bonchev–Trinajstić information content (AvgIpc) is 2.44. The largest absolute Gasteiger partial charge is 0.418 e. The number of hydrogen-bond acceptors (Lipinski definition) is 4. The zero-order valence-electron chi connectivity index (χ0n) is 13.1. The first-order valence-corrected chi connectivity index (χ1v) is 8.24. The normalized spacial score (nSPS) is 12.7. The van der Waals surface area contributed by atoms with Gasteiger partial charge in [0.1, 0.15) is 0 Å². The molecule has 1 atom stereocenters. The van der Waals surface area contributed by atoms with Gasteiger partial charge < -0.3 is 10.3 Å². The number of nitrogens with one attached hydrogen (secondary N) is 2. The molecule has 0 spiro atoms. The third-order valence-electron chi connectivity index (χ3n) is 3.05. The molecule has 2 aromatic rings. The lowest BCUT2D eigenvalue weighted by molar-refractivity contribution is -0.137. The number of nitrogens with zero attached hydrogens (tertiary/aromatic N) is 1. The van der Waals surface area contributed by atoms with Crippen molar-refractivity contribution in [2.75, 3.05) is 5.32 Å². The van der Waals surface area contributed by atoms with Gasteiger partial charge in [-0.3, -0.25) is 9.59 Å². The van der Waals surface area contributed by atoms with Crippen LogP contribution in [0.1, 0.15) is 18.2 Å². The number of hydrogen-bond donors (Lipinski definition) is 2. The smallest absolute Gasteiger partial charge is 0.324 e. The molecular formula is C15H13ClF3N3O2S. The number of carbonyl (C=O) groups excluding carboxylic acids is 1. The van der Waals surface area contributed by atoms with Crippen LogP contribution in [-0.4, -0.2) is 21.1 Å². The number of aromatic nitrogens is 2. The van der Waals surface area contributed by atoms with Gasteiger partial charge in [0.05, 0.1) is 16.5 Å². The van der Waals surface area contributed by atoms with Crippen molar-refractivity contribution in [1.29, 1.82) is 0 Å². The van der Waals surface area contributed by atoms with Gasteiger partial charge in [-0.15, -0.1) is 0 Å². The van der Waals surface area contributed by atoms with Gasteiger partial charge in [0.15, 0.2) is 5.16 Å². The average molecular weight is 392 g/mol. The second-order valence-corrected chi connectivity index (χ2v) is 6.89. The van der Waals surface area contributed by atoms with Crippen LogP contribution in [0, 0.1) is 6.92 Å². The molecule has 0 aliphatic heterocycles. The van der Waals surface area contributed by atoms with Gasteiger partial charge in [-0.1, -0.05) is 23.4 Å². The van der Waals surface area contributed by atoms with Crippen LogP contribution in [0.3, 0.4) is 0 Å². The third kappa shape index (κ3) is 5.23. The summed E-state index contributed by atoms with van der Waals surface area (Å²) < 4.78 is 39.1. The molecule has 2 rings (SSSR count). The Morgan fingerprint density at radius 2 is 2.04 bits per heavy atom. The van der Waals surface area contributed by atoms with E-state index >= 15 is 0 Å². The summed E-state index contributed by atoms with van der Waals surface area (Å²) in [5, 5.41) is 1.69. The zero-order chi connectivity index (χ0) is 18.8. The Morgan fingerprint density at radius 1 is 1.36 bits per heavy atom. The number of aromatic amines is 1. The van der Waals surface area contributed by atoms with Gasteiger partial charge >= 0.3 is 6.18 Å². The van der Waals surface area contributed by atoms with Crippen molar-refractivity contribution in [2.24, 2.45) is 0 Å². The van der Waals surface area contributed by atoms with E-state index in [4.69, 9.17) is 11.6 Å². The van der Waals surface area contributed by atoms with Crippen LogP contribution in [0.2, 0.25) is 5.02 Å². The summed E-state index contributed by atoms with van der Waals surface area (Å²) in [4.78, 5) is 30.1. The lowest BCUT2D eigenvalue weighted by atomic mass is 10.1. The minimum Gasteiger partial charge on any atom is -0.324 e. The van der Waals surface area contributed by atoms with Crippen molar-refractivity contribution < 1.29 is 18.0 Å². The second kappa shape index (κ2) is 7.49. The van der Waals surface area contributed by atoms with Crippen molar-refractivity contribution in [3.63, 3.8) is 0 Å². The highest BCUT2D eigenvalue weighted by atomic mass is 35.5. The summed E-state index contributed by atoms with van der Waals surface area (Å²) in [7, 11) is 0. The molecule has 0 radical (unpaired) electrons. The highest BCUT2D eigenvalue weighted by Crippen LogP contribution is 2.36. The van der Waals surface area contributed by atoms with E-state index in [9.17, 15) is 22.8 Å². The molecule has 5 nitrogen and oxygen atoms in total. The van der Waals surface area contributed by atoms with Gasteiger partial charge in [0.25, 0.3) is 5.56 Å².